The monoisotopic (exact) mass is 254 g/mol. The number of aromatic nitrogens is 2. The van der Waals surface area contributed by atoms with E-state index in [2.05, 4.69) is 21.0 Å². The first-order valence-electron chi connectivity index (χ1n) is 3.98. The van der Waals surface area contributed by atoms with Crippen LogP contribution < -0.4 is 0 Å². The number of carbonyl (C=O) groups is 1. The molecule has 0 radical (unpaired) electrons. The van der Waals surface area contributed by atoms with Gasteiger partial charge in [-0.2, -0.15) is 9.78 Å². The van der Waals surface area contributed by atoms with Gasteiger partial charge in [-0.1, -0.05) is 6.07 Å². The third-order valence-corrected chi connectivity index (χ3v) is 2.56. The minimum absolute atomic E-state index is 0.551. The summed E-state index contributed by atoms with van der Waals surface area (Å²) in [6.45, 7) is 1.91. The van der Waals surface area contributed by atoms with Crippen LogP contribution in [0, 0.1) is 6.92 Å². The molecule has 1 N–H and O–H groups in total. The third-order valence-electron chi connectivity index (χ3n) is 1.97. The molecule has 4 nitrogen and oxygen atoms in total. The zero-order valence-corrected chi connectivity index (χ0v) is 8.95. The predicted molar refractivity (Wildman–Crippen MR) is 55.6 cm³/mol. The lowest BCUT2D eigenvalue weighted by Gasteiger charge is -1.96. The fourth-order valence-electron chi connectivity index (χ4n) is 1.33. The number of carboxylic acid groups (broad SMARTS) is 1. The van der Waals surface area contributed by atoms with Gasteiger partial charge in [0.05, 0.1) is 5.52 Å². The highest BCUT2D eigenvalue weighted by molar-refractivity contribution is 9.10. The first kappa shape index (κ1) is 9.21. The molecule has 0 saturated carbocycles. The quantitative estimate of drug-likeness (QED) is 0.787. The zero-order chi connectivity index (χ0) is 10.3. The van der Waals surface area contributed by atoms with Gasteiger partial charge >= 0.3 is 6.09 Å². The lowest BCUT2D eigenvalue weighted by atomic mass is 10.2. The summed E-state index contributed by atoms with van der Waals surface area (Å²) in [5, 5.41) is 13.5. The maximum Gasteiger partial charge on any atom is 0.432 e. The molecule has 0 saturated heterocycles. The Bertz CT molecular complexity index is 519. The Morgan fingerprint density at radius 2 is 2.29 bits per heavy atom. The maximum atomic E-state index is 10.8. The predicted octanol–water partition coefficient (Wildman–Crippen LogP) is 2.63. The molecule has 0 aliphatic rings. The molecule has 0 unspecified atom stereocenters. The van der Waals surface area contributed by atoms with Gasteiger partial charge in [-0.25, -0.2) is 4.79 Å². The summed E-state index contributed by atoms with van der Waals surface area (Å²) >= 11 is 3.22. The molecule has 72 valence electrons. The van der Waals surface area contributed by atoms with Crippen LogP contribution in [0.1, 0.15) is 5.56 Å². The number of benzene rings is 1. The Balaban J connectivity index is 2.85. The number of hydrogen-bond acceptors (Lipinski definition) is 2. The molecule has 1 aromatic carbocycles. The van der Waals surface area contributed by atoms with Crippen molar-refractivity contribution in [3.05, 3.63) is 28.4 Å². The van der Waals surface area contributed by atoms with Crippen LogP contribution in [0.3, 0.4) is 0 Å². The SMILES string of the molecule is Cc1ccc2c(Br)nn(C(=O)O)c2c1. The van der Waals surface area contributed by atoms with Crippen LogP contribution in [0.4, 0.5) is 4.79 Å². The topological polar surface area (TPSA) is 55.1 Å². The Labute approximate surface area is 88.3 Å². The van der Waals surface area contributed by atoms with E-state index >= 15 is 0 Å². The van der Waals surface area contributed by atoms with Gasteiger partial charge in [-0.05, 0) is 40.5 Å². The van der Waals surface area contributed by atoms with Crippen LogP contribution >= 0.6 is 15.9 Å². The van der Waals surface area contributed by atoms with Crippen molar-refractivity contribution in [3.63, 3.8) is 0 Å². The molecular weight excluding hydrogens is 248 g/mol. The Morgan fingerprint density at radius 3 is 2.93 bits per heavy atom. The summed E-state index contributed by atoms with van der Waals surface area (Å²) < 4.78 is 1.52. The van der Waals surface area contributed by atoms with Crippen molar-refractivity contribution in [2.45, 2.75) is 6.92 Å². The molecular formula is C9H7BrN2O2. The van der Waals surface area contributed by atoms with E-state index in [0.717, 1.165) is 15.6 Å². The van der Waals surface area contributed by atoms with Gasteiger partial charge < -0.3 is 5.11 Å². The highest BCUT2D eigenvalue weighted by atomic mass is 79.9. The van der Waals surface area contributed by atoms with Gasteiger partial charge in [0.1, 0.15) is 4.60 Å². The highest BCUT2D eigenvalue weighted by Crippen LogP contribution is 2.23. The number of fused-ring (bicyclic) bond motifs is 1. The smallest absolute Gasteiger partial charge is 0.432 e. The minimum Gasteiger partial charge on any atom is -0.463 e. The fourth-order valence-corrected chi connectivity index (χ4v) is 1.83. The van der Waals surface area contributed by atoms with Gasteiger partial charge in [-0.3, -0.25) is 0 Å². The molecule has 0 aliphatic heterocycles. The number of rotatable bonds is 0. The average molecular weight is 255 g/mol. The van der Waals surface area contributed by atoms with Crippen molar-refractivity contribution < 1.29 is 9.90 Å². The van der Waals surface area contributed by atoms with Gasteiger partial charge in [0.25, 0.3) is 0 Å². The van der Waals surface area contributed by atoms with Crippen molar-refractivity contribution in [2.75, 3.05) is 0 Å². The molecule has 2 rings (SSSR count). The first-order chi connectivity index (χ1) is 6.59. The second kappa shape index (κ2) is 3.09. The lowest BCUT2D eigenvalue weighted by molar-refractivity contribution is 0.194. The van der Waals surface area contributed by atoms with Gasteiger partial charge in [0, 0.05) is 5.39 Å². The first-order valence-corrected chi connectivity index (χ1v) is 4.77. The van der Waals surface area contributed by atoms with Gasteiger partial charge in [-0.15, -0.1) is 0 Å². The normalized spacial score (nSPS) is 10.7. The number of nitrogens with zero attached hydrogens (tertiary/aromatic N) is 2. The van der Waals surface area contributed by atoms with Crippen LogP contribution in [-0.4, -0.2) is 21.0 Å². The number of hydrogen-bond donors (Lipinski definition) is 1. The summed E-state index contributed by atoms with van der Waals surface area (Å²) in [4.78, 5) is 10.8. The van der Waals surface area contributed by atoms with E-state index in [4.69, 9.17) is 5.11 Å². The molecule has 14 heavy (non-hydrogen) atoms. The van der Waals surface area contributed by atoms with Gasteiger partial charge in [0.15, 0.2) is 0 Å². The second-order valence-corrected chi connectivity index (χ2v) is 3.76. The summed E-state index contributed by atoms with van der Waals surface area (Å²) in [6, 6.07) is 5.56. The van der Waals surface area contributed by atoms with Crippen LogP contribution in [0.15, 0.2) is 22.8 Å². The van der Waals surface area contributed by atoms with Crippen LogP contribution in [0.25, 0.3) is 10.9 Å². The van der Waals surface area contributed by atoms with E-state index < -0.39 is 6.09 Å². The fraction of sp³-hybridized carbons (Fsp3) is 0.111. The molecule has 5 heteroatoms. The summed E-state index contributed by atoms with van der Waals surface area (Å²) in [5.74, 6) is 0. The molecule has 0 bridgehead atoms. The second-order valence-electron chi connectivity index (χ2n) is 3.01. The van der Waals surface area contributed by atoms with Gasteiger partial charge in [0.2, 0.25) is 0 Å². The van der Waals surface area contributed by atoms with Crippen molar-refractivity contribution >= 4 is 32.9 Å². The summed E-state index contributed by atoms with van der Waals surface area (Å²) in [5.41, 5.74) is 1.61. The number of halogens is 1. The van der Waals surface area contributed by atoms with E-state index in [1.807, 2.05) is 19.1 Å². The molecule has 0 aliphatic carbocycles. The van der Waals surface area contributed by atoms with E-state index in [1.165, 1.54) is 0 Å². The van der Waals surface area contributed by atoms with Crippen LogP contribution in [0.2, 0.25) is 0 Å². The van der Waals surface area contributed by atoms with E-state index in [9.17, 15) is 4.79 Å². The zero-order valence-electron chi connectivity index (χ0n) is 7.36. The van der Waals surface area contributed by atoms with Crippen molar-refractivity contribution in [1.29, 1.82) is 0 Å². The van der Waals surface area contributed by atoms with Crippen molar-refractivity contribution in [2.24, 2.45) is 0 Å². The molecule has 1 aromatic heterocycles. The van der Waals surface area contributed by atoms with Crippen molar-refractivity contribution in [3.8, 4) is 0 Å². The van der Waals surface area contributed by atoms with Crippen LogP contribution in [-0.2, 0) is 0 Å². The molecule has 1 heterocycles. The summed E-state index contributed by atoms with van der Waals surface area (Å²) in [6.07, 6.45) is -1.08. The van der Waals surface area contributed by atoms with E-state index in [-0.39, 0.29) is 0 Å². The Hall–Kier alpha value is -1.36. The lowest BCUT2D eigenvalue weighted by Crippen LogP contribution is -2.09. The van der Waals surface area contributed by atoms with E-state index in [0.29, 0.717) is 10.1 Å². The van der Waals surface area contributed by atoms with Crippen molar-refractivity contribution in [1.82, 2.24) is 9.78 Å². The van der Waals surface area contributed by atoms with Crippen LogP contribution in [0.5, 0.6) is 0 Å². The highest BCUT2D eigenvalue weighted by Gasteiger charge is 2.12. The Morgan fingerprint density at radius 1 is 1.57 bits per heavy atom. The Kier molecular flexibility index (Phi) is 2.03. The molecule has 0 spiro atoms. The standard InChI is InChI=1S/C9H7BrN2O2/c1-5-2-3-6-7(4-5)12(9(13)14)11-8(6)10/h2-4H,1H3,(H,13,14). The third kappa shape index (κ3) is 1.29. The number of aryl methyl sites for hydroxylation is 1. The maximum absolute atomic E-state index is 10.8. The minimum atomic E-state index is -1.08. The summed E-state index contributed by atoms with van der Waals surface area (Å²) in [7, 11) is 0. The molecule has 0 amide bonds. The molecule has 0 atom stereocenters. The molecule has 2 aromatic rings. The van der Waals surface area contributed by atoms with E-state index in [1.54, 1.807) is 6.07 Å². The average Bonchev–Trinajstić information content (AvgIpc) is 2.43. The molecule has 0 fully saturated rings. The largest absolute Gasteiger partial charge is 0.463 e.